The molecule has 1 spiro atoms. The highest BCUT2D eigenvalue weighted by molar-refractivity contribution is 7.99. The average Bonchev–Trinajstić information content (AvgIpc) is 2.74. The summed E-state index contributed by atoms with van der Waals surface area (Å²) in [6.45, 7) is 1.87. The molecule has 8 heteroatoms. The second-order valence-corrected chi connectivity index (χ2v) is 6.99. The van der Waals surface area contributed by atoms with Crippen LogP contribution < -0.4 is 16.0 Å². The van der Waals surface area contributed by atoms with Crippen molar-refractivity contribution in [2.75, 3.05) is 31.1 Å². The lowest BCUT2D eigenvalue weighted by molar-refractivity contribution is -0.136. The van der Waals surface area contributed by atoms with Crippen LogP contribution in [0.1, 0.15) is 19.3 Å². The van der Waals surface area contributed by atoms with Gasteiger partial charge in [0.05, 0.1) is 6.54 Å². The number of hydrogen-bond acceptors (Lipinski definition) is 5. The van der Waals surface area contributed by atoms with Crippen molar-refractivity contribution in [3.05, 3.63) is 0 Å². The first-order valence-corrected chi connectivity index (χ1v) is 8.47. The quantitative estimate of drug-likeness (QED) is 0.586. The second kappa shape index (κ2) is 5.84. The van der Waals surface area contributed by atoms with Crippen molar-refractivity contribution in [3.63, 3.8) is 0 Å². The Labute approximate surface area is 127 Å². The molecular formula is C13H20N4O3S. The number of rotatable bonds is 2. The van der Waals surface area contributed by atoms with Crippen LogP contribution >= 0.6 is 11.8 Å². The third-order valence-corrected chi connectivity index (χ3v) is 5.41. The van der Waals surface area contributed by atoms with Gasteiger partial charge in [-0.2, -0.15) is 11.8 Å². The number of urea groups is 1. The third-order valence-electron chi connectivity index (χ3n) is 4.28. The van der Waals surface area contributed by atoms with Gasteiger partial charge in [-0.1, -0.05) is 0 Å². The number of imide groups is 1. The molecule has 0 bridgehead atoms. The molecule has 7 nitrogen and oxygen atoms in total. The molecule has 3 saturated heterocycles. The molecule has 3 fully saturated rings. The topological polar surface area (TPSA) is 90.5 Å². The van der Waals surface area contributed by atoms with Gasteiger partial charge in [0, 0.05) is 37.1 Å². The number of nitrogens with zero attached hydrogens (tertiary/aromatic N) is 1. The van der Waals surface area contributed by atoms with Crippen LogP contribution in [0.4, 0.5) is 4.79 Å². The Morgan fingerprint density at radius 1 is 1.43 bits per heavy atom. The molecule has 21 heavy (non-hydrogen) atoms. The zero-order chi connectivity index (χ0) is 14.9. The van der Waals surface area contributed by atoms with E-state index in [0.717, 1.165) is 24.5 Å². The smallest absolute Gasteiger partial charge is 0.322 e. The average molecular weight is 312 g/mol. The molecule has 116 valence electrons. The molecular weight excluding hydrogens is 292 g/mol. The van der Waals surface area contributed by atoms with Crippen molar-refractivity contribution in [2.45, 2.75) is 30.8 Å². The lowest BCUT2D eigenvalue weighted by Gasteiger charge is -2.38. The van der Waals surface area contributed by atoms with E-state index in [1.54, 1.807) is 4.90 Å². The third kappa shape index (κ3) is 3.01. The SMILES string of the molecule is O=C1NC(=O)C2(CCCN(C(=O)CC3CSCCN3)C2)N1. The normalized spacial score (nSPS) is 33.0. The zero-order valence-corrected chi connectivity index (χ0v) is 12.6. The minimum absolute atomic E-state index is 0.0584. The summed E-state index contributed by atoms with van der Waals surface area (Å²) in [5.74, 6) is 1.78. The molecule has 3 aliphatic heterocycles. The standard InChI is InChI=1S/C13H20N4O3S/c18-10(6-9-7-21-5-3-14-9)17-4-1-2-13(8-17)11(19)15-12(20)16-13/h9,14H,1-8H2,(H2,15,16,19,20). The maximum atomic E-state index is 12.4. The fourth-order valence-electron chi connectivity index (χ4n) is 3.17. The fraction of sp³-hybridized carbons (Fsp3) is 0.769. The van der Waals surface area contributed by atoms with Crippen molar-refractivity contribution in [3.8, 4) is 0 Å². The van der Waals surface area contributed by atoms with Crippen LogP contribution in [-0.4, -0.2) is 65.5 Å². The van der Waals surface area contributed by atoms with Gasteiger partial charge in [-0.3, -0.25) is 14.9 Å². The van der Waals surface area contributed by atoms with E-state index in [2.05, 4.69) is 16.0 Å². The summed E-state index contributed by atoms with van der Waals surface area (Å²) < 4.78 is 0. The summed E-state index contributed by atoms with van der Waals surface area (Å²) in [6.07, 6.45) is 1.77. The molecule has 3 aliphatic rings. The van der Waals surface area contributed by atoms with Gasteiger partial charge in [-0.15, -0.1) is 0 Å². The number of piperidine rings is 1. The Bertz CT molecular complexity index is 466. The fourth-order valence-corrected chi connectivity index (χ4v) is 4.12. The van der Waals surface area contributed by atoms with Gasteiger partial charge < -0.3 is 15.5 Å². The van der Waals surface area contributed by atoms with E-state index in [1.807, 2.05) is 11.8 Å². The van der Waals surface area contributed by atoms with Crippen LogP contribution in [0.15, 0.2) is 0 Å². The van der Waals surface area contributed by atoms with Crippen molar-refractivity contribution < 1.29 is 14.4 Å². The van der Waals surface area contributed by atoms with Gasteiger partial charge in [-0.25, -0.2) is 4.79 Å². The van der Waals surface area contributed by atoms with E-state index in [9.17, 15) is 14.4 Å². The molecule has 3 N–H and O–H groups in total. The van der Waals surface area contributed by atoms with E-state index in [4.69, 9.17) is 0 Å². The van der Waals surface area contributed by atoms with Crippen molar-refractivity contribution in [1.82, 2.24) is 20.9 Å². The highest BCUT2D eigenvalue weighted by Crippen LogP contribution is 2.25. The Morgan fingerprint density at radius 3 is 2.95 bits per heavy atom. The van der Waals surface area contributed by atoms with Crippen molar-refractivity contribution >= 4 is 29.6 Å². The zero-order valence-electron chi connectivity index (χ0n) is 11.8. The van der Waals surface area contributed by atoms with Crippen LogP contribution in [0.5, 0.6) is 0 Å². The molecule has 2 atom stereocenters. The maximum Gasteiger partial charge on any atom is 0.322 e. The monoisotopic (exact) mass is 312 g/mol. The first kappa shape index (κ1) is 14.6. The Kier molecular flexibility index (Phi) is 4.08. The van der Waals surface area contributed by atoms with Gasteiger partial charge >= 0.3 is 6.03 Å². The summed E-state index contributed by atoms with van der Waals surface area (Å²) in [6, 6.07) is -0.249. The number of carbonyl (C=O) groups excluding carboxylic acids is 3. The van der Waals surface area contributed by atoms with Gasteiger partial charge in [0.25, 0.3) is 5.91 Å². The molecule has 3 heterocycles. The molecule has 2 unspecified atom stereocenters. The summed E-state index contributed by atoms with van der Waals surface area (Å²) in [5.41, 5.74) is -0.917. The highest BCUT2D eigenvalue weighted by atomic mass is 32.2. The predicted octanol–water partition coefficient (Wildman–Crippen LogP) is -0.718. The molecule has 4 amide bonds. The number of likely N-dealkylation sites (tertiary alicyclic amines) is 1. The van der Waals surface area contributed by atoms with Gasteiger partial charge in [0.15, 0.2) is 0 Å². The number of amides is 4. The molecule has 0 aromatic heterocycles. The Hall–Kier alpha value is -1.28. The van der Waals surface area contributed by atoms with Crippen LogP contribution in [0.2, 0.25) is 0 Å². The molecule has 0 aliphatic carbocycles. The second-order valence-electron chi connectivity index (χ2n) is 5.84. The maximum absolute atomic E-state index is 12.4. The van der Waals surface area contributed by atoms with Crippen molar-refractivity contribution in [1.29, 1.82) is 0 Å². The molecule has 0 aromatic carbocycles. The predicted molar refractivity (Wildman–Crippen MR) is 79.0 cm³/mol. The van der Waals surface area contributed by atoms with Gasteiger partial charge in [0.1, 0.15) is 5.54 Å². The largest absolute Gasteiger partial charge is 0.340 e. The summed E-state index contributed by atoms with van der Waals surface area (Å²) in [5, 5.41) is 8.32. The first-order chi connectivity index (χ1) is 10.1. The van der Waals surface area contributed by atoms with Gasteiger partial charge in [0.2, 0.25) is 5.91 Å². The minimum atomic E-state index is -0.917. The molecule has 0 saturated carbocycles. The highest BCUT2D eigenvalue weighted by Gasteiger charge is 2.49. The Morgan fingerprint density at radius 2 is 2.29 bits per heavy atom. The van der Waals surface area contributed by atoms with Crippen LogP contribution in [0.3, 0.4) is 0 Å². The number of thioether (sulfide) groups is 1. The van der Waals surface area contributed by atoms with E-state index < -0.39 is 11.6 Å². The number of hydrogen-bond donors (Lipinski definition) is 3. The number of nitrogens with one attached hydrogen (secondary N) is 3. The van der Waals surface area contributed by atoms with E-state index in [0.29, 0.717) is 19.4 Å². The van der Waals surface area contributed by atoms with Crippen LogP contribution in [0, 0.1) is 0 Å². The molecule has 0 radical (unpaired) electrons. The lowest BCUT2D eigenvalue weighted by Crippen LogP contribution is -2.60. The van der Waals surface area contributed by atoms with E-state index >= 15 is 0 Å². The van der Waals surface area contributed by atoms with Crippen LogP contribution in [-0.2, 0) is 9.59 Å². The summed E-state index contributed by atoms with van der Waals surface area (Å²) in [7, 11) is 0. The first-order valence-electron chi connectivity index (χ1n) is 7.32. The lowest BCUT2D eigenvalue weighted by atomic mass is 9.89. The van der Waals surface area contributed by atoms with E-state index in [-0.39, 0.29) is 24.4 Å². The number of carbonyl (C=O) groups is 3. The Balaban J connectivity index is 1.61. The van der Waals surface area contributed by atoms with E-state index in [1.165, 1.54) is 0 Å². The summed E-state index contributed by atoms with van der Waals surface area (Å²) >= 11 is 1.86. The van der Waals surface area contributed by atoms with Crippen LogP contribution in [0.25, 0.3) is 0 Å². The van der Waals surface area contributed by atoms with Crippen molar-refractivity contribution in [2.24, 2.45) is 0 Å². The summed E-state index contributed by atoms with van der Waals surface area (Å²) in [4.78, 5) is 37.5. The van der Waals surface area contributed by atoms with Gasteiger partial charge in [-0.05, 0) is 12.8 Å². The molecule has 0 aromatic rings. The molecule has 3 rings (SSSR count). The minimum Gasteiger partial charge on any atom is -0.340 e.